The van der Waals surface area contributed by atoms with Crippen LogP contribution in [0.2, 0.25) is 0 Å². The van der Waals surface area contributed by atoms with Crippen molar-refractivity contribution in [3.8, 4) is 0 Å². The van der Waals surface area contributed by atoms with Crippen LogP contribution in [-0.4, -0.2) is 61.8 Å². The van der Waals surface area contributed by atoms with Gasteiger partial charge in [-0.25, -0.2) is 4.79 Å². The Morgan fingerprint density at radius 3 is 1.93 bits per heavy atom. The summed E-state index contributed by atoms with van der Waals surface area (Å²) < 4.78 is 10.5. The highest BCUT2D eigenvalue weighted by molar-refractivity contribution is 6.26. The molecule has 1 saturated heterocycles. The lowest BCUT2D eigenvalue weighted by Gasteiger charge is -2.28. The molecule has 1 aliphatic carbocycles. The van der Waals surface area contributed by atoms with Gasteiger partial charge in [0.25, 0.3) is 0 Å². The second kappa shape index (κ2) is 13.1. The summed E-state index contributed by atoms with van der Waals surface area (Å²) in [5.41, 5.74) is 0. The Balaban J connectivity index is 0.000000568. The first kappa shape index (κ1) is 23.9. The van der Waals surface area contributed by atoms with Gasteiger partial charge < -0.3 is 29.4 Å². The lowest BCUT2D eigenvalue weighted by molar-refractivity contribution is -0.905. The molecular weight excluding hydrogens is 370 g/mol. The zero-order valence-corrected chi connectivity index (χ0v) is 16.4. The molecule has 1 heterocycles. The monoisotopic (exact) mass is 401 g/mol. The van der Waals surface area contributed by atoms with Crippen molar-refractivity contribution in [3.63, 3.8) is 0 Å². The second-order valence-electron chi connectivity index (χ2n) is 7.12. The summed E-state index contributed by atoms with van der Waals surface area (Å²) in [4.78, 5) is 43.1. The van der Waals surface area contributed by atoms with Crippen LogP contribution in [0, 0.1) is 11.8 Å². The predicted octanol–water partition coefficient (Wildman–Crippen LogP) is -1.21. The highest BCUT2D eigenvalue weighted by Gasteiger charge is 2.28. The van der Waals surface area contributed by atoms with Gasteiger partial charge in [0.15, 0.2) is 5.97 Å². The van der Waals surface area contributed by atoms with E-state index in [4.69, 9.17) is 29.3 Å². The number of hydrogen-bond donors (Lipinski definition) is 2. The van der Waals surface area contributed by atoms with Gasteiger partial charge in [-0.2, -0.15) is 0 Å². The molecule has 1 saturated carbocycles. The van der Waals surface area contributed by atoms with E-state index in [2.05, 4.69) is 0 Å². The van der Waals surface area contributed by atoms with E-state index in [1.54, 1.807) is 0 Å². The van der Waals surface area contributed by atoms with Crippen molar-refractivity contribution in [1.29, 1.82) is 0 Å². The number of carbonyl (C=O) groups is 4. The Bertz CT molecular complexity index is 510. The van der Waals surface area contributed by atoms with Crippen LogP contribution in [0.25, 0.3) is 0 Å². The molecule has 0 bridgehead atoms. The molecule has 0 radical (unpaired) electrons. The van der Waals surface area contributed by atoms with Gasteiger partial charge in [-0.3, -0.25) is 9.59 Å². The Morgan fingerprint density at radius 1 is 0.929 bits per heavy atom. The highest BCUT2D eigenvalue weighted by atomic mass is 16.5. The Labute approximate surface area is 165 Å². The summed E-state index contributed by atoms with van der Waals surface area (Å²) in [7, 11) is 0. The molecule has 28 heavy (non-hydrogen) atoms. The van der Waals surface area contributed by atoms with Crippen LogP contribution in [0.5, 0.6) is 0 Å². The number of ether oxygens (including phenoxy) is 2. The van der Waals surface area contributed by atoms with Crippen molar-refractivity contribution in [2.24, 2.45) is 11.8 Å². The lowest BCUT2D eigenvalue weighted by atomic mass is 9.89. The molecule has 0 amide bonds. The molecule has 2 rings (SSSR count). The molecule has 2 fully saturated rings. The highest BCUT2D eigenvalue weighted by Crippen LogP contribution is 2.24. The van der Waals surface area contributed by atoms with Gasteiger partial charge in [-0.05, 0) is 19.8 Å². The van der Waals surface area contributed by atoms with Crippen LogP contribution in [0.1, 0.15) is 51.9 Å². The molecule has 160 valence electrons. The summed E-state index contributed by atoms with van der Waals surface area (Å²) in [5.74, 6) is -3.86. The fraction of sp³-hybridized carbons (Fsp3) is 0.789. The number of esters is 2. The number of rotatable bonds is 6. The molecule has 2 aliphatic rings. The normalized spacial score (nSPS) is 22.3. The molecule has 2 N–H and O–H groups in total. The minimum absolute atomic E-state index is 0.000472. The molecule has 1 aliphatic heterocycles. The van der Waals surface area contributed by atoms with Crippen molar-refractivity contribution >= 4 is 23.9 Å². The zero-order chi connectivity index (χ0) is 20.9. The van der Waals surface area contributed by atoms with Crippen molar-refractivity contribution in [3.05, 3.63) is 0 Å². The van der Waals surface area contributed by atoms with Crippen LogP contribution >= 0.6 is 0 Å². The summed E-state index contributed by atoms with van der Waals surface area (Å²) in [5, 5.41) is 16.3. The van der Waals surface area contributed by atoms with E-state index in [9.17, 15) is 9.59 Å². The van der Waals surface area contributed by atoms with E-state index in [0.717, 1.165) is 58.2 Å². The molecule has 0 atom stereocenters. The fourth-order valence-corrected chi connectivity index (χ4v) is 3.52. The van der Waals surface area contributed by atoms with Crippen molar-refractivity contribution in [2.75, 3.05) is 32.8 Å². The molecule has 0 spiro atoms. The number of aliphatic carboxylic acids is 2. The average Bonchev–Trinajstić information content (AvgIpc) is 2.69. The maximum absolute atomic E-state index is 12.0. The third kappa shape index (κ3) is 9.16. The van der Waals surface area contributed by atoms with Crippen LogP contribution < -0.4 is 10.0 Å². The van der Waals surface area contributed by atoms with Crippen molar-refractivity contribution in [2.45, 2.75) is 51.9 Å². The number of nitrogens with one attached hydrogen (secondary N) is 1. The Hall–Kier alpha value is -2.16. The molecule has 9 heteroatoms. The summed E-state index contributed by atoms with van der Waals surface area (Å²) in [6, 6.07) is 0. The largest absolute Gasteiger partial charge is 0.539 e. The van der Waals surface area contributed by atoms with Gasteiger partial charge in [0.1, 0.15) is 13.2 Å². The third-order valence-corrected chi connectivity index (χ3v) is 5.13. The molecule has 0 aromatic rings. The maximum Gasteiger partial charge on any atom is 0.351 e. The van der Waals surface area contributed by atoms with Gasteiger partial charge in [0.2, 0.25) is 0 Å². The number of hydrogen-bond acceptors (Lipinski definition) is 7. The predicted molar refractivity (Wildman–Crippen MR) is 95.1 cm³/mol. The summed E-state index contributed by atoms with van der Waals surface area (Å²) >= 11 is 0. The van der Waals surface area contributed by atoms with Crippen LogP contribution in [0.15, 0.2) is 0 Å². The number of piperidine rings is 1. The Kier molecular flexibility index (Phi) is 11.2. The lowest BCUT2D eigenvalue weighted by Crippen LogP contribution is -3.13. The van der Waals surface area contributed by atoms with Crippen molar-refractivity contribution < 1.29 is 43.8 Å². The summed E-state index contributed by atoms with van der Waals surface area (Å²) in [6.45, 7) is 5.60. The van der Waals surface area contributed by atoms with Crippen LogP contribution in [0.3, 0.4) is 0 Å². The first-order valence-corrected chi connectivity index (χ1v) is 9.96. The molecule has 0 aromatic heterocycles. The first-order valence-electron chi connectivity index (χ1n) is 9.96. The smallest absolute Gasteiger partial charge is 0.351 e. The van der Waals surface area contributed by atoms with Gasteiger partial charge in [-0.15, -0.1) is 0 Å². The number of quaternary nitrogens is 1. The van der Waals surface area contributed by atoms with Crippen LogP contribution in [-0.2, 0) is 28.7 Å². The van der Waals surface area contributed by atoms with E-state index in [1.165, 1.54) is 11.3 Å². The number of likely N-dealkylation sites (tertiary alicyclic amines) is 1. The van der Waals surface area contributed by atoms with E-state index in [0.29, 0.717) is 13.2 Å². The first-order chi connectivity index (χ1) is 13.3. The standard InChI is InChI=1S/C17H29NO4.C2H2O4/c1-2-21-16(19)15-8-10-18(11-9-15)12-13-22-17(20)14-6-4-3-5-7-14;3-1(4)2(5)6/h14-15H,2-13H2,1H3;(H,3,4)(H,5,6). The van der Waals surface area contributed by atoms with E-state index in [-0.39, 0.29) is 23.8 Å². The molecule has 0 aromatic carbocycles. The van der Waals surface area contributed by atoms with E-state index < -0.39 is 11.9 Å². The van der Waals surface area contributed by atoms with Gasteiger partial charge in [0.05, 0.1) is 31.5 Å². The third-order valence-electron chi connectivity index (χ3n) is 5.13. The number of carboxylic acid groups (broad SMARTS) is 2. The minimum atomic E-state index is -2.07. The topological polar surface area (TPSA) is 134 Å². The number of carboxylic acids is 2. The Morgan fingerprint density at radius 2 is 1.43 bits per heavy atom. The second-order valence-corrected chi connectivity index (χ2v) is 7.12. The van der Waals surface area contributed by atoms with Gasteiger partial charge >= 0.3 is 17.9 Å². The molecule has 9 nitrogen and oxygen atoms in total. The molecular formula is C19H31NO8. The van der Waals surface area contributed by atoms with Gasteiger partial charge in [-0.1, -0.05) is 19.3 Å². The van der Waals surface area contributed by atoms with Crippen molar-refractivity contribution in [1.82, 2.24) is 0 Å². The SMILES string of the molecule is CCOC(=O)C1CC[NH+](CCOC(=O)C2CCCCC2)CC1.O=C([O-])C(=O)O. The van der Waals surface area contributed by atoms with E-state index in [1.807, 2.05) is 6.92 Å². The van der Waals surface area contributed by atoms with E-state index >= 15 is 0 Å². The zero-order valence-electron chi connectivity index (χ0n) is 16.4. The average molecular weight is 401 g/mol. The summed E-state index contributed by atoms with van der Waals surface area (Å²) in [6.07, 6.45) is 7.32. The fourth-order valence-electron chi connectivity index (χ4n) is 3.52. The van der Waals surface area contributed by atoms with Crippen LogP contribution in [0.4, 0.5) is 0 Å². The quantitative estimate of drug-likeness (QED) is 0.418. The minimum Gasteiger partial charge on any atom is -0.539 e. The maximum atomic E-state index is 12.0. The van der Waals surface area contributed by atoms with Gasteiger partial charge in [0, 0.05) is 12.8 Å². The number of carbonyl (C=O) groups excluding carboxylic acids is 3. The molecule has 0 unspecified atom stereocenters.